The van der Waals surface area contributed by atoms with Crippen molar-refractivity contribution in [2.45, 2.75) is 99.0 Å². The minimum atomic E-state index is -1.84. The van der Waals surface area contributed by atoms with Gasteiger partial charge in [-0.25, -0.2) is 0 Å². The first-order valence-corrected chi connectivity index (χ1v) is 11.6. The van der Waals surface area contributed by atoms with Crippen LogP contribution in [-0.4, -0.2) is 169 Å². The summed E-state index contributed by atoms with van der Waals surface area (Å²) in [4.78, 5) is 11.8. The molecule has 0 aromatic heterocycles. The van der Waals surface area contributed by atoms with Crippen molar-refractivity contribution in [3.8, 4) is 0 Å². The number of amides is 1. The number of aliphatic hydroxyl groups is 10. The molecule has 37 heavy (non-hydrogen) atoms. The van der Waals surface area contributed by atoms with E-state index in [4.69, 9.17) is 23.7 Å². The van der Waals surface area contributed by atoms with E-state index in [1.807, 2.05) is 0 Å². The van der Waals surface area contributed by atoms with Crippen molar-refractivity contribution in [2.75, 3.05) is 19.8 Å². The van der Waals surface area contributed by atoms with E-state index in [0.29, 0.717) is 0 Å². The Kier molecular flexibility index (Phi) is 10.5. The summed E-state index contributed by atoms with van der Waals surface area (Å²) in [6.07, 6.45) is -22.7. The average Bonchev–Trinajstić information content (AvgIpc) is 2.86. The van der Waals surface area contributed by atoms with Gasteiger partial charge in [-0.2, -0.15) is 0 Å². The van der Waals surface area contributed by atoms with E-state index in [9.17, 15) is 55.9 Å². The molecule has 3 saturated heterocycles. The van der Waals surface area contributed by atoms with Crippen LogP contribution in [0.3, 0.4) is 0 Å². The molecule has 15 atom stereocenters. The molecule has 11 N–H and O–H groups in total. The van der Waals surface area contributed by atoms with Crippen molar-refractivity contribution in [2.24, 2.45) is 0 Å². The second-order valence-electron chi connectivity index (χ2n) is 9.11. The number of ether oxygens (including phenoxy) is 5. The zero-order chi connectivity index (χ0) is 27.6. The van der Waals surface area contributed by atoms with E-state index in [1.165, 1.54) is 0 Å². The number of carbonyl (C=O) groups excluding carboxylic acids is 1. The van der Waals surface area contributed by atoms with Crippen LogP contribution in [0.15, 0.2) is 0 Å². The maximum atomic E-state index is 11.8. The molecule has 3 heterocycles. The monoisotopic (exact) mass is 545 g/mol. The van der Waals surface area contributed by atoms with Crippen LogP contribution < -0.4 is 5.32 Å². The number of nitrogens with one attached hydrogen (secondary N) is 1. The second-order valence-corrected chi connectivity index (χ2v) is 9.11. The highest BCUT2D eigenvalue weighted by molar-refractivity contribution is 5.73. The van der Waals surface area contributed by atoms with E-state index >= 15 is 0 Å². The highest BCUT2D eigenvalue weighted by Crippen LogP contribution is 2.30. The van der Waals surface area contributed by atoms with E-state index in [0.717, 1.165) is 6.92 Å². The lowest BCUT2D eigenvalue weighted by Crippen LogP contribution is -2.68. The lowest BCUT2D eigenvalue weighted by Gasteiger charge is -2.47. The summed E-state index contributed by atoms with van der Waals surface area (Å²) < 4.78 is 27.0. The predicted octanol–water partition coefficient (Wildman–Crippen LogP) is -7.43. The molecule has 0 bridgehead atoms. The SMILES string of the molecule is CC(=O)N[C@@H]1[C@H](OC[C@H]2OC(O)[C@H](O)[C@@H](O)[C@H]2O)O[C@H](CO)[C@@H](O[C@@H]2O[C@H](CO)[C@H](O)[C@H](O)[C@H]2O)[C@@H]1O. The molecule has 17 nitrogen and oxygen atoms in total. The third-order valence-electron chi connectivity index (χ3n) is 6.47. The Balaban J connectivity index is 1.74. The number of hydrogen-bond acceptors (Lipinski definition) is 16. The minimum Gasteiger partial charge on any atom is -0.394 e. The van der Waals surface area contributed by atoms with Crippen LogP contribution in [-0.2, 0) is 28.5 Å². The van der Waals surface area contributed by atoms with Gasteiger partial charge in [0.2, 0.25) is 5.91 Å². The maximum Gasteiger partial charge on any atom is 0.217 e. The molecule has 0 aliphatic carbocycles. The normalized spacial score (nSPS) is 49.0. The minimum absolute atomic E-state index is 0.564. The molecule has 3 rings (SSSR count). The van der Waals surface area contributed by atoms with Gasteiger partial charge >= 0.3 is 0 Å². The number of aliphatic hydroxyl groups excluding tert-OH is 10. The van der Waals surface area contributed by atoms with Crippen molar-refractivity contribution in [3.63, 3.8) is 0 Å². The molecule has 17 heteroatoms. The zero-order valence-corrected chi connectivity index (χ0v) is 19.7. The predicted molar refractivity (Wildman–Crippen MR) is 113 cm³/mol. The van der Waals surface area contributed by atoms with Gasteiger partial charge in [0.15, 0.2) is 18.9 Å². The first-order chi connectivity index (χ1) is 17.4. The Bertz CT molecular complexity index is 745. The van der Waals surface area contributed by atoms with Crippen LogP contribution in [0.1, 0.15) is 6.92 Å². The van der Waals surface area contributed by atoms with Crippen LogP contribution in [0, 0.1) is 0 Å². The third kappa shape index (κ3) is 6.55. The molecule has 3 aliphatic rings. The van der Waals surface area contributed by atoms with Crippen LogP contribution >= 0.6 is 0 Å². The van der Waals surface area contributed by atoms with Gasteiger partial charge in [0.1, 0.15) is 73.2 Å². The Labute approximate surface area is 210 Å². The van der Waals surface area contributed by atoms with E-state index in [1.54, 1.807) is 0 Å². The molecular weight excluding hydrogens is 510 g/mol. The summed E-state index contributed by atoms with van der Waals surface area (Å²) in [6.45, 7) is -0.959. The molecule has 216 valence electrons. The summed E-state index contributed by atoms with van der Waals surface area (Å²) >= 11 is 0. The van der Waals surface area contributed by atoms with Crippen LogP contribution in [0.4, 0.5) is 0 Å². The molecule has 0 spiro atoms. The second kappa shape index (κ2) is 12.8. The molecule has 0 radical (unpaired) electrons. The summed E-state index contributed by atoms with van der Waals surface area (Å²) in [5.74, 6) is -0.641. The van der Waals surface area contributed by atoms with Gasteiger partial charge in [-0.15, -0.1) is 0 Å². The third-order valence-corrected chi connectivity index (χ3v) is 6.47. The molecule has 0 aromatic rings. The fourth-order valence-electron chi connectivity index (χ4n) is 4.36. The molecule has 1 unspecified atom stereocenters. The first kappa shape index (κ1) is 30.4. The number of rotatable bonds is 8. The fourth-order valence-corrected chi connectivity index (χ4v) is 4.36. The number of hydrogen-bond donors (Lipinski definition) is 11. The summed E-state index contributed by atoms with van der Waals surface area (Å²) in [5.41, 5.74) is 0. The molecule has 0 aromatic carbocycles. The molecule has 3 aliphatic heterocycles. The van der Waals surface area contributed by atoms with Crippen LogP contribution in [0.5, 0.6) is 0 Å². The van der Waals surface area contributed by atoms with Crippen molar-refractivity contribution in [3.05, 3.63) is 0 Å². The topological polar surface area (TPSA) is 278 Å². The highest BCUT2D eigenvalue weighted by atomic mass is 16.7. The van der Waals surface area contributed by atoms with Gasteiger partial charge in [-0.1, -0.05) is 0 Å². The first-order valence-electron chi connectivity index (χ1n) is 11.6. The van der Waals surface area contributed by atoms with Gasteiger partial charge in [0, 0.05) is 6.92 Å². The Hall–Kier alpha value is -1.13. The Morgan fingerprint density at radius 1 is 0.703 bits per heavy atom. The molecular formula is C20H35NO16. The highest BCUT2D eigenvalue weighted by Gasteiger charge is 2.52. The van der Waals surface area contributed by atoms with Crippen molar-refractivity contribution < 1.29 is 79.5 Å². The Morgan fingerprint density at radius 3 is 1.86 bits per heavy atom. The van der Waals surface area contributed by atoms with Crippen LogP contribution in [0.2, 0.25) is 0 Å². The average molecular weight is 545 g/mol. The van der Waals surface area contributed by atoms with E-state index in [2.05, 4.69) is 5.32 Å². The van der Waals surface area contributed by atoms with Crippen molar-refractivity contribution in [1.82, 2.24) is 5.32 Å². The maximum absolute atomic E-state index is 11.8. The van der Waals surface area contributed by atoms with Crippen LogP contribution in [0.25, 0.3) is 0 Å². The van der Waals surface area contributed by atoms with Gasteiger partial charge in [-0.3, -0.25) is 4.79 Å². The van der Waals surface area contributed by atoms with Crippen molar-refractivity contribution in [1.29, 1.82) is 0 Å². The molecule has 3 fully saturated rings. The summed E-state index contributed by atoms with van der Waals surface area (Å²) in [5, 5.41) is 102. The fraction of sp³-hybridized carbons (Fsp3) is 0.950. The van der Waals surface area contributed by atoms with E-state index in [-0.39, 0.29) is 0 Å². The standard InChI is InChI=1S/C20H35NO16/c1-5(24)21-9-12(27)17(37-20-16(31)14(29)10(25)6(2-22)35-20)7(3-23)36-19(9)33-4-8-11(26)13(28)15(30)18(32)34-8/h6-20,22-23,25-32H,2-4H2,1H3,(H,21,24)/t6-,7-,8-,9+,10+,11+,12-,13+,14+,15-,16-,17-,18?,19-,20+/m1/s1. The quantitative estimate of drug-likeness (QED) is 0.135. The number of carbonyl (C=O) groups is 1. The lowest BCUT2D eigenvalue weighted by molar-refractivity contribution is -0.352. The lowest BCUT2D eigenvalue weighted by atomic mass is 9.95. The smallest absolute Gasteiger partial charge is 0.217 e. The summed E-state index contributed by atoms with van der Waals surface area (Å²) in [6, 6.07) is -1.38. The zero-order valence-electron chi connectivity index (χ0n) is 19.7. The molecule has 0 saturated carbocycles. The van der Waals surface area contributed by atoms with Crippen molar-refractivity contribution >= 4 is 5.91 Å². The summed E-state index contributed by atoms with van der Waals surface area (Å²) in [7, 11) is 0. The van der Waals surface area contributed by atoms with Gasteiger partial charge in [0.25, 0.3) is 0 Å². The van der Waals surface area contributed by atoms with Gasteiger partial charge in [0.05, 0.1) is 19.8 Å². The Morgan fingerprint density at radius 2 is 1.27 bits per heavy atom. The van der Waals surface area contributed by atoms with Gasteiger partial charge in [-0.05, 0) is 0 Å². The van der Waals surface area contributed by atoms with Gasteiger partial charge < -0.3 is 80.1 Å². The molecule has 1 amide bonds. The largest absolute Gasteiger partial charge is 0.394 e. The van der Waals surface area contributed by atoms with E-state index < -0.39 is 118 Å².